The van der Waals surface area contributed by atoms with Crippen LogP contribution in [-0.2, 0) is 6.42 Å². The third-order valence-electron chi connectivity index (χ3n) is 2.70. The number of aryl methyl sites for hydroxylation is 1. The van der Waals surface area contributed by atoms with Crippen LogP contribution in [0.15, 0.2) is 36.4 Å². The molecular formula is C13H15ClN2S. The molecule has 1 aromatic carbocycles. The number of hydrogen-bond acceptors (Lipinski definition) is 3. The van der Waals surface area contributed by atoms with Crippen molar-refractivity contribution < 1.29 is 0 Å². The number of benzene rings is 1. The van der Waals surface area contributed by atoms with E-state index in [-0.39, 0.29) is 6.04 Å². The Kier molecular flexibility index (Phi) is 4.18. The van der Waals surface area contributed by atoms with E-state index in [9.17, 15) is 0 Å². The number of thiophene rings is 1. The van der Waals surface area contributed by atoms with Crippen LogP contribution in [0.2, 0.25) is 4.34 Å². The highest BCUT2D eigenvalue weighted by atomic mass is 35.5. The van der Waals surface area contributed by atoms with Gasteiger partial charge in [-0.2, -0.15) is 0 Å². The summed E-state index contributed by atoms with van der Waals surface area (Å²) in [5, 5.41) is 0. The Morgan fingerprint density at radius 2 is 1.94 bits per heavy atom. The molecule has 90 valence electrons. The van der Waals surface area contributed by atoms with E-state index in [1.807, 2.05) is 12.1 Å². The Balaban J connectivity index is 2.12. The molecule has 2 nitrogen and oxygen atoms in total. The molecule has 2 aromatic rings. The first-order valence-corrected chi connectivity index (χ1v) is 6.65. The third kappa shape index (κ3) is 3.30. The Morgan fingerprint density at radius 3 is 2.47 bits per heavy atom. The van der Waals surface area contributed by atoms with Gasteiger partial charge in [0.25, 0.3) is 0 Å². The predicted octanol–water partition coefficient (Wildman–Crippen LogP) is 3.46. The maximum Gasteiger partial charge on any atom is 0.0931 e. The molecule has 0 spiro atoms. The monoisotopic (exact) mass is 266 g/mol. The Morgan fingerprint density at radius 1 is 1.24 bits per heavy atom. The minimum absolute atomic E-state index is 0.121. The van der Waals surface area contributed by atoms with Crippen LogP contribution >= 0.6 is 22.9 Å². The Hall–Kier alpha value is -0.870. The van der Waals surface area contributed by atoms with Crippen LogP contribution in [0.5, 0.6) is 0 Å². The predicted molar refractivity (Wildman–Crippen MR) is 74.3 cm³/mol. The van der Waals surface area contributed by atoms with Gasteiger partial charge in [0.2, 0.25) is 0 Å². The van der Waals surface area contributed by atoms with Gasteiger partial charge in [0, 0.05) is 4.88 Å². The molecule has 1 unspecified atom stereocenters. The SMILES string of the molecule is Cc1ccc(CC(NN)c2ccc(Cl)s2)cc1. The lowest BCUT2D eigenvalue weighted by Gasteiger charge is -2.14. The van der Waals surface area contributed by atoms with E-state index in [2.05, 4.69) is 36.6 Å². The maximum absolute atomic E-state index is 5.94. The maximum atomic E-state index is 5.94. The Bertz CT molecular complexity index is 478. The summed E-state index contributed by atoms with van der Waals surface area (Å²) in [6.45, 7) is 2.08. The summed E-state index contributed by atoms with van der Waals surface area (Å²) in [4.78, 5) is 1.16. The average molecular weight is 267 g/mol. The summed E-state index contributed by atoms with van der Waals surface area (Å²) in [6.07, 6.45) is 0.869. The normalized spacial score (nSPS) is 12.6. The van der Waals surface area contributed by atoms with E-state index >= 15 is 0 Å². The first kappa shape index (κ1) is 12.6. The number of halogens is 1. The second kappa shape index (κ2) is 5.65. The second-order valence-electron chi connectivity index (χ2n) is 4.05. The number of hydrazine groups is 1. The van der Waals surface area contributed by atoms with Gasteiger partial charge < -0.3 is 0 Å². The van der Waals surface area contributed by atoms with Crippen molar-refractivity contribution in [3.8, 4) is 0 Å². The second-order valence-corrected chi connectivity index (χ2v) is 5.80. The molecule has 0 fully saturated rings. The van der Waals surface area contributed by atoms with E-state index in [1.165, 1.54) is 11.1 Å². The van der Waals surface area contributed by atoms with Crippen molar-refractivity contribution in [3.63, 3.8) is 0 Å². The van der Waals surface area contributed by atoms with E-state index < -0.39 is 0 Å². The molecule has 0 amide bonds. The van der Waals surface area contributed by atoms with Gasteiger partial charge in [-0.1, -0.05) is 41.4 Å². The van der Waals surface area contributed by atoms with E-state index in [0.29, 0.717) is 0 Å². The molecule has 1 aromatic heterocycles. The number of rotatable bonds is 4. The largest absolute Gasteiger partial charge is 0.271 e. The van der Waals surface area contributed by atoms with E-state index in [0.717, 1.165) is 15.6 Å². The molecule has 17 heavy (non-hydrogen) atoms. The lowest BCUT2D eigenvalue weighted by atomic mass is 10.0. The fraction of sp³-hybridized carbons (Fsp3) is 0.231. The van der Waals surface area contributed by atoms with Crippen LogP contribution in [-0.4, -0.2) is 0 Å². The molecule has 0 aliphatic rings. The van der Waals surface area contributed by atoms with Gasteiger partial charge in [-0.3, -0.25) is 11.3 Å². The fourth-order valence-electron chi connectivity index (χ4n) is 1.72. The number of nitrogens with two attached hydrogens (primary N) is 1. The smallest absolute Gasteiger partial charge is 0.0931 e. The zero-order valence-corrected chi connectivity index (χ0v) is 11.2. The molecule has 4 heteroatoms. The summed E-state index contributed by atoms with van der Waals surface area (Å²) in [7, 11) is 0. The first-order chi connectivity index (χ1) is 8.19. The Labute approximate surface area is 110 Å². The van der Waals surface area contributed by atoms with Crippen LogP contribution < -0.4 is 11.3 Å². The highest BCUT2D eigenvalue weighted by molar-refractivity contribution is 7.16. The van der Waals surface area contributed by atoms with Gasteiger partial charge >= 0.3 is 0 Å². The van der Waals surface area contributed by atoms with Crippen molar-refractivity contribution in [2.24, 2.45) is 5.84 Å². The zero-order chi connectivity index (χ0) is 12.3. The van der Waals surface area contributed by atoms with Gasteiger partial charge in [-0.15, -0.1) is 11.3 Å². The minimum atomic E-state index is 0.121. The van der Waals surface area contributed by atoms with E-state index in [1.54, 1.807) is 11.3 Å². The summed E-state index contributed by atoms with van der Waals surface area (Å²) in [5.74, 6) is 5.61. The minimum Gasteiger partial charge on any atom is -0.271 e. The molecule has 0 aliphatic carbocycles. The van der Waals surface area contributed by atoms with Crippen molar-refractivity contribution in [2.45, 2.75) is 19.4 Å². The topological polar surface area (TPSA) is 38.0 Å². The van der Waals surface area contributed by atoms with Crippen molar-refractivity contribution >= 4 is 22.9 Å². The fourth-order valence-corrected chi connectivity index (χ4v) is 2.84. The summed E-state index contributed by atoms with van der Waals surface area (Å²) >= 11 is 7.50. The van der Waals surface area contributed by atoms with Crippen molar-refractivity contribution in [2.75, 3.05) is 0 Å². The molecule has 0 saturated heterocycles. The summed E-state index contributed by atoms with van der Waals surface area (Å²) in [5.41, 5.74) is 5.38. The first-order valence-electron chi connectivity index (χ1n) is 5.46. The lowest BCUT2D eigenvalue weighted by Crippen LogP contribution is -2.28. The molecule has 0 saturated carbocycles. The van der Waals surface area contributed by atoms with Crippen LogP contribution in [0.3, 0.4) is 0 Å². The number of hydrogen-bond donors (Lipinski definition) is 2. The highest BCUT2D eigenvalue weighted by Crippen LogP contribution is 2.28. The lowest BCUT2D eigenvalue weighted by molar-refractivity contribution is 0.560. The van der Waals surface area contributed by atoms with Crippen molar-refractivity contribution in [1.29, 1.82) is 0 Å². The molecule has 0 aliphatic heterocycles. The number of nitrogens with one attached hydrogen (secondary N) is 1. The third-order valence-corrected chi connectivity index (χ3v) is 4.04. The molecule has 2 rings (SSSR count). The standard InChI is InChI=1S/C13H15ClN2S/c1-9-2-4-10(5-3-9)8-11(16-15)12-6-7-13(14)17-12/h2-7,11,16H,8,15H2,1H3. The van der Waals surface area contributed by atoms with E-state index in [4.69, 9.17) is 17.4 Å². The van der Waals surface area contributed by atoms with Gasteiger partial charge in [-0.25, -0.2) is 0 Å². The van der Waals surface area contributed by atoms with Gasteiger partial charge in [0.05, 0.1) is 10.4 Å². The quantitative estimate of drug-likeness (QED) is 0.657. The van der Waals surface area contributed by atoms with Gasteiger partial charge in [0.1, 0.15) is 0 Å². The van der Waals surface area contributed by atoms with Gasteiger partial charge in [0.15, 0.2) is 0 Å². The van der Waals surface area contributed by atoms with Crippen LogP contribution in [0, 0.1) is 6.92 Å². The average Bonchev–Trinajstić information content (AvgIpc) is 2.75. The molecule has 0 radical (unpaired) electrons. The zero-order valence-electron chi connectivity index (χ0n) is 9.61. The molecule has 0 bridgehead atoms. The molecular weight excluding hydrogens is 252 g/mol. The highest BCUT2D eigenvalue weighted by Gasteiger charge is 2.12. The summed E-state index contributed by atoms with van der Waals surface area (Å²) in [6, 6.07) is 12.5. The van der Waals surface area contributed by atoms with Crippen LogP contribution in [0.1, 0.15) is 22.0 Å². The molecule has 1 heterocycles. The van der Waals surface area contributed by atoms with Crippen molar-refractivity contribution in [1.82, 2.24) is 5.43 Å². The van der Waals surface area contributed by atoms with Crippen molar-refractivity contribution in [3.05, 3.63) is 56.7 Å². The summed E-state index contributed by atoms with van der Waals surface area (Å²) < 4.78 is 0.796. The van der Waals surface area contributed by atoms with Crippen LogP contribution in [0.4, 0.5) is 0 Å². The molecule has 1 atom stereocenters. The molecule has 3 N–H and O–H groups in total. The van der Waals surface area contributed by atoms with Gasteiger partial charge in [-0.05, 0) is 31.0 Å². The van der Waals surface area contributed by atoms with Crippen LogP contribution in [0.25, 0.3) is 0 Å².